The van der Waals surface area contributed by atoms with E-state index in [1.807, 2.05) is 30.3 Å². The normalized spacial score (nSPS) is 12.7. The lowest BCUT2D eigenvalue weighted by atomic mass is 10.2. The van der Waals surface area contributed by atoms with Gasteiger partial charge < -0.3 is 10.1 Å². The highest BCUT2D eigenvalue weighted by Gasteiger charge is 2.21. The average molecular weight is 417 g/mol. The van der Waals surface area contributed by atoms with Crippen LogP contribution in [0.1, 0.15) is 16.9 Å². The first-order chi connectivity index (χ1) is 14.7. The maximum Gasteiger partial charge on any atom is 0.262 e. The summed E-state index contributed by atoms with van der Waals surface area (Å²) < 4.78 is 7.14. The van der Waals surface area contributed by atoms with Crippen LogP contribution in [0.5, 0.6) is 11.5 Å². The molecule has 1 N–H and O–H groups in total. The first-order valence-corrected chi connectivity index (χ1v) is 10.6. The van der Waals surface area contributed by atoms with Crippen LogP contribution < -0.4 is 15.6 Å². The standard InChI is InChI=1S/C23H19N3O3S/c27-20(25-15-9-11-17(12-10-15)29-16-5-2-1-3-6-16)13-26-14-24-22-21(23(26)28)18-7-4-8-19(18)30-22/h1-3,5-6,9-12,14H,4,7-8,13H2,(H,25,27). The smallest absolute Gasteiger partial charge is 0.262 e. The van der Waals surface area contributed by atoms with Crippen molar-refractivity contribution in [2.75, 3.05) is 5.32 Å². The first-order valence-electron chi connectivity index (χ1n) is 9.80. The third kappa shape index (κ3) is 3.59. The van der Waals surface area contributed by atoms with Crippen LogP contribution in [0.2, 0.25) is 0 Å². The van der Waals surface area contributed by atoms with Crippen molar-refractivity contribution in [1.82, 2.24) is 9.55 Å². The van der Waals surface area contributed by atoms with Crippen molar-refractivity contribution in [3.63, 3.8) is 0 Å². The number of carbonyl (C=O) groups excluding carboxylic acids is 1. The van der Waals surface area contributed by atoms with Crippen molar-refractivity contribution in [3.05, 3.63) is 81.7 Å². The van der Waals surface area contributed by atoms with Crippen molar-refractivity contribution in [2.45, 2.75) is 25.8 Å². The topological polar surface area (TPSA) is 73.2 Å². The number of fused-ring (bicyclic) bond motifs is 3. The van der Waals surface area contributed by atoms with E-state index in [0.29, 0.717) is 16.8 Å². The summed E-state index contributed by atoms with van der Waals surface area (Å²) in [5.41, 5.74) is 1.62. The van der Waals surface area contributed by atoms with Crippen molar-refractivity contribution < 1.29 is 9.53 Å². The van der Waals surface area contributed by atoms with E-state index < -0.39 is 0 Å². The van der Waals surface area contributed by atoms with E-state index in [-0.39, 0.29) is 18.0 Å². The number of nitrogens with zero attached hydrogens (tertiary/aromatic N) is 2. The molecule has 0 bridgehead atoms. The van der Waals surface area contributed by atoms with Crippen LogP contribution >= 0.6 is 11.3 Å². The molecule has 0 saturated heterocycles. The van der Waals surface area contributed by atoms with Gasteiger partial charge in [0.25, 0.3) is 5.56 Å². The number of amides is 1. The van der Waals surface area contributed by atoms with Gasteiger partial charge in [0.05, 0.1) is 11.7 Å². The molecule has 0 saturated carbocycles. The zero-order valence-electron chi connectivity index (χ0n) is 16.1. The summed E-state index contributed by atoms with van der Waals surface area (Å²) >= 11 is 1.60. The SMILES string of the molecule is O=C(Cn1cnc2sc3c(c2c1=O)CCC3)Nc1ccc(Oc2ccccc2)cc1. The lowest BCUT2D eigenvalue weighted by Gasteiger charge is -2.09. The lowest BCUT2D eigenvalue weighted by molar-refractivity contribution is -0.116. The number of hydrogen-bond donors (Lipinski definition) is 1. The predicted octanol–water partition coefficient (Wildman–Crippen LogP) is 4.38. The summed E-state index contributed by atoms with van der Waals surface area (Å²) in [7, 11) is 0. The second-order valence-corrected chi connectivity index (χ2v) is 8.29. The van der Waals surface area contributed by atoms with Crippen LogP contribution in [0, 0.1) is 0 Å². The van der Waals surface area contributed by atoms with E-state index in [2.05, 4.69) is 10.3 Å². The second-order valence-electron chi connectivity index (χ2n) is 7.20. The third-order valence-corrected chi connectivity index (χ3v) is 6.32. The number of aryl methyl sites for hydroxylation is 2. The number of rotatable bonds is 5. The molecule has 1 aliphatic rings. The predicted molar refractivity (Wildman–Crippen MR) is 117 cm³/mol. The molecule has 0 spiro atoms. The number of thiophene rings is 1. The fourth-order valence-corrected chi connectivity index (χ4v) is 4.94. The maximum atomic E-state index is 12.9. The Labute approximate surface area is 176 Å². The molecule has 7 heteroatoms. The molecule has 4 aromatic rings. The van der Waals surface area contributed by atoms with E-state index in [1.54, 1.807) is 35.6 Å². The molecule has 0 atom stereocenters. The van der Waals surface area contributed by atoms with Gasteiger partial charge in [-0.1, -0.05) is 18.2 Å². The summed E-state index contributed by atoms with van der Waals surface area (Å²) in [6, 6.07) is 16.6. The molecule has 0 unspecified atom stereocenters. The summed E-state index contributed by atoms with van der Waals surface area (Å²) in [4.78, 5) is 31.8. The summed E-state index contributed by atoms with van der Waals surface area (Å²) in [6.45, 7) is -0.0747. The molecule has 2 aromatic carbocycles. The fourth-order valence-electron chi connectivity index (χ4n) is 3.72. The van der Waals surface area contributed by atoms with Crippen LogP contribution in [0.15, 0.2) is 65.7 Å². The van der Waals surface area contributed by atoms with Crippen LogP contribution in [-0.2, 0) is 24.2 Å². The third-order valence-electron chi connectivity index (χ3n) is 5.12. The molecular weight excluding hydrogens is 398 g/mol. The molecule has 30 heavy (non-hydrogen) atoms. The Balaban J connectivity index is 1.28. The summed E-state index contributed by atoms with van der Waals surface area (Å²) in [6.07, 6.45) is 4.47. The molecule has 5 rings (SSSR count). The van der Waals surface area contributed by atoms with Gasteiger partial charge in [-0.15, -0.1) is 11.3 Å². The zero-order valence-corrected chi connectivity index (χ0v) is 16.9. The minimum Gasteiger partial charge on any atom is -0.457 e. The van der Waals surface area contributed by atoms with Crippen molar-refractivity contribution >= 4 is 33.1 Å². The molecule has 1 aliphatic carbocycles. The molecule has 6 nitrogen and oxygen atoms in total. The van der Waals surface area contributed by atoms with Crippen LogP contribution in [0.25, 0.3) is 10.2 Å². The Hall–Kier alpha value is -3.45. The summed E-state index contributed by atoms with van der Waals surface area (Å²) in [5, 5.41) is 3.51. The number of nitrogens with one attached hydrogen (secondary N) is 1. The van der Waals surface area contributed by atoms with Crippen LogP contribution in [0.4, 0.5) is 5.69 Å². The van der Waals surface area contributed by atoms with Crippen LogP contribution in [0.3, 0.4) is 0 Å². The Morgan fingerprint density at radius 3 is 2.63 bits per heavy atom. The van der Waals surface area contributed by atoms with Gasteiger partial charge in [-0.2, -0.15) is 0 Å². The Bertz CT molecular complexity index is 1280. The number of hydrogen-bond acceptors (Lipinski definition) is 5. The number of ether oxygens (including phenoxy) is 1. The number of aromatic nitrogens is 2. The molecule has 0 radical (unpaired) electrons. The van der Waals surface area contributed by atoms with Crippen LogP contribution in [-0.4, -0.2) is 15.5 Å². The van der Waals surface area contributed by atoms with E-state index in [4.69, 9.17) is 4.74 Å². The quantitative estimate of drug-likeness (QED) is 0.523. The van der Waals surface area contributed by atoms with Gasteiger partial charge >= 0.3 is 0 Å². The molecule has 1 amide bonds. The highest BCUT2D eigenvalue weighted by Crippen LogP contribution is 2.34. The Morgan fingerprint density at radius 1 is 1.07 bits per heavy atom. The molecule has 0 fully saturated rings. The highest BCUT2D eigenvalue weighted by molar-refractivity contribution is 7.18. The maximum absolute atomic E-state index is 12.9. The number of para-hydroxylation sites is 1. The monoisotopic (exact) mass is 417 g/mol. The van der Waals surface area contributed by atoms with Crippen molar-refractivity contribution in [2.24, 2.45) is 0 Å². The van der Waals surface area contributed by atoms with Gasteiger partial charge in [0.15, 0.2) is 0 Å². The molecule has 150 valence electrons. The molecule has 2 aromatic heterocycles. The summed E-state index contributed by atoms with van der Waals surface area (Å²) in [5.74, 6) is 1.15. The second kappa shape index (κ2) is 7.76. The van der Waals surface area contributed by atoms with E-state index in [0.717, 1.165) is 35.4 Å². The average Bonchev–Trinajstić information content (AvgIpc) is 3.34. The van der Waals surface area contributed by atoms with Crippen molar-refractivity contribution in [1.29, 1.82) is 0 Å². The van der Waals surface area contributed by atoms with Gasteiger partial charge in [-0.05, 0) is 61.2 Å². The largest absolute Gasteiger partial charge is 0.457 e. The molecule has 2 heterocycles. The van der Waals surface area contributed by atoms with E-state index in [1.165, 1.54) is 15.8 Å². The number of carbonyl (C=O) groups is 1. The minimum atomic E-state index is -0.276. The lowest BCUT2D eigenvalue weighted by Crippen LogP contribution is -2.28. The van der Waals surface area contributed by atoms with Gasteiger partial charge in [0, 0.05) is 10.6 Å². The molecule has 0 aliphatic heterocycles. The van der Waals surface area contributed by atoms with Gasteiger partial charge in [-0.3, -0.25) is 14.2 Å². The minimum absolute atomic E-state index is 0.0747. The highest BCUT2D eigenvalue weighted by atomic mass is 32.1. The Kier molecular flexibility index (Phi) is 4.80. The molecular formula is C23H19N3O3S. The van der Waals surface area contributed by atoms with E-state index in [9.17, 15) is 9.59 Å². The number of anilines is 1. The van der Waals surface area contributed by atoms with E-state index >= 15 is 0 Å². The van der Waals surface area contributed by atoms with Gasteiger partial charge in [-0.25, -0.2) is 4.98 Å². The first kappa shape index (κ1) is 18.6. The van der Waals surface area contributed by atoms with Gasteiger partial charge in [0.2, 0.25) is 5.91 Å². The van der Waals surface area contributed by atoms with Crippen molar-refractivity contribution in [3.8, 4) is 11.5 Å². The Morgan fingerprint density at radius 2 is 1.83 bits per heavy atom. The van der Waals surface area contributed by atoms with Gasteiger partial charge in [0.1, 0.15) is 22.9 Å². The number of benzene rings is 2. The fraction of sp³-hybridized carbons (Fsp3) is 0.174. The zero-order chi connectivity index (χ0) is 20.5.